The van der Waals surface area contributed by atoms with E-state index in [0.29, 0.717) is 25.4 Å². The topological polar surface area (TPSA) is 84.0 Å². The van der Waals surface area contributed by atoms with Crippen LogP contribution in [0.5, 0.6) is 11.6 Å². The van der Waals surface area contributed by atoms with Crippen molar-refractivity contribution in [2.45, 2.75) is 24.3 Å². The number of aromatic nitrogens is 1. The Morgan fingerprint density at radius 1 is 1.21 bits per heavy atom. The van der Waals surface area contributed by atoms with Crippen LogP contribution in [0, 0.1) is 0 Å². The van der Waals surface area contributed by atoms with Crippen molar-refractivity contribution in [1.82, 2.24) is 14.6 Å². The third-order valence-corrected chi connectivity index (χ3v) is 6.65. The minimum atomic E-state index is -3.74. The summed E-state index contributed by atoms with van der Waals surface area (Å²) in [5.41, 5.74) is 2.79. The minimum Gasteiger partial charge on any atom is -0.490 e. The van der Waals surface area contributed by atoms with Crippen LogP contribution in [0.1, 0.15) is 18.4 Å². The summed E-state index contributed by atoms with van der Waals surface area (Å²) in [7, 11) is -0.235. The lowest BCUT2D eigenvalue weighted by Crippen LogP contribution is -2.30. The summed E-state index contributed by atoms with van der Waals surface area (Å²) in [5, 5.41) is 0. The Hall–Kier alpha value is -2.36. The van der Waals surface area contributed by atoms with Crippen molar-refractivity contribution >= 4 is 21.4 Å². The highest BCUT2D eigenvalue weighted by Crippen LogP contribution is 2.39. The second-order valence-electron chi connectivity index (χ2n) is 7.35. The molecule has 2 aliphatic rings. The van der Waals surface area contributed by atoms with Crippen LogP contribution in [-0.4, -0.2) is 58.7 Å². The summed E-state index contributed by atoms with van der Waals surface area (Å²) >= 11 is 0. The number of pyridine rings is 1. The summed E-state index contributed by atoms with van der Waals surface area (Å²) in [6.45, 7) is 3.20. The van der Waals surface area contributed by atoms with Gasteiger partial charge in [-0.2, -0.15) is 0 Å². The quantitative estimate of drug-likeness (QED) is 0.759. The van der Waals surface area contributed by atoms with Gasteiger partial charge in [-0.25, -0.2) is 18.1 Å². The first-order chi connectivity index (χ1) is 14.0. The Morgan fingerprint density at radius 3 is 2.90 bits per heavy atom. The molecule has 0 saturated heterocycles. The molecular weight excluding hydrogens is 392 g/mol. The Balaban J connectivity index is 1.84. The van der Waals surface area contributed by atoms with Gasteiger partial charge in [-0.05, 0) is 50.2 Å². The van der Waals surface area contributed by atoms with Crippen molar-refractivity contribution in [3.8, 4) is 11.6 Å². The van der Waals surface area contributed by atoms with Gasteiger partial charge in [0.25, 0.3) is 0 Å². The number of methoxy groups -OCH3 is 1. The van der Waals surface area contributed by atoms with Gasteiger partial charge >= 0.3 is 0 Å². The summed E-state index contributed by atoms with van der Waals surface area (Å²) in [6.07, 6.45) is 3.29. The molecule has 0 radical (unpaired) electrons. The van der Waals surface area contributed by atoms with Crippen LogP contribution in [0.25, 0.3) is 0 Å². The maximum absolute atomic E-state index is 12.9. The Morgan fingerprint density at radius 2 is 2.07 bits per heavy atom. The molecule has 29 heavy (non-hydrogen) atoms. The van der Waals surface area contributed by atoms with Gasteiger partial charge in [-0.1, -0.05) is 6.07 Å². The molecule has 156 valence electrons. The highest BCUT2D eigenvalue weighted by Gasteiger charge is 2.26. The number of fused-ring (bicyclic) bond motifs is 4. The van der Waals surface area contributed by atoms with Gasteiger partial charge in [-0.15, -0.1) is 0 Å². The van der Waals surface area contributed by atoms with Crippen LogP contribution in [0.4, 0.5) is 11.4 Å². The Kier molecular flexibility index (Phi) is 5.62. The molecular formula is C20H26N4O4S. The second kappa shape index (κ2) is 8.17. The molecule has 0 aliphatic carbocycles. The van der Waals surface area contributed by atoms with Gasteiger partial charge < -0.3 is 19.3 Å². The molecule has 4 rings (SSSR count). The predicted molar refractivity (Wildman–Crippen MR) is 110 cm³/mol. The van der Waals surface area contributed by atoms with Crippen LogP contribution in [-0.2, 0) is 16.6 Å². The molecule has 4 bridgehead atoms. The number of benzene rings is 1. The molecule has 1 aromatic carbocycles. The molecule has 9 heteroatoms. The smallest absolute Gasteiger partial charge is 0.246 e. The molecule has 1 N–H and O–H groups in total. The number of hydrogen-bond donors (Lipinski definition) is 1. The Bertz CT molecular complexity index is 996. The molecule has 3 heterocycles. The maximum Gasteiger partial charge on any atom is 0.246 e. The van der Waals surface area contributed by atoms with E-state index in [1.165, 1.54) is 12.7 Å². The predicted octanol–water partition coefficient (Wildman–Crippen LogP) is 2.12. The monoisotopic (exact) mass is 418 g/mol. The average molecular weight is 419 g/mol. The van der Waals surface area contributed by atoms with Crippen LogP contribution < -0.4 is 19.1 Å². The van der Waals surface area contributed by atoms with E-state index in [2.05, 4.69) is 33.8 Å². The summed E-state index contributed by atoms with van der Waals surface area (Å²) in [5.74, 6) is 0.873. The average Bonchev–Trinajstić information content (AvgIpc) is 2.72. The van der Waals surface area contributed by atoms with Crippen molar-refractivity contribution in [3.05, 3.63) is 36.0 Å². The number of hydrogen-bond acceptors (Lipinski definition) is 7. The van der Waals surface area contributed by atoms with Gasteiger partial charge in [0.1, 0.15) is 17.3 Å². The van der Waals surface area contributed by atoms with E-state index in [1.807, 2.05) is 11.0 Å². The van der Waals surface area contributed by atoms with Gasteiger partial charge in [-0.3, -0.25) is 0 Å². The zero-order valence-corrected chi connectivity index (χ0v) is 17.5. The molecule has 2 aromatic rings. The fourth-order valence-electron chi connectivity index (χ4n) is 3.73. The first-order valence-electron chi connectivity index (χ1n) is 9.73. The van der Waals surface area contributed by atoms with Crippen LogP contribution in [0.15, 0.2) is 35.4 Å². The van der Waals surface area contributed by atoms with Gasteiger partial charge in [0, 0.05) is 13.1 Å². The SMILES string of the molecule is COc1ncc2cc1S(=O)(=O)NCCCCN(C)Cc1ccc3c(c1)N2CCO3. The van der Waals surface area contributed by atoms with Crippen molar-refractivity contribution < 1.29 is 17.9 Å². The lowest BCUT2D eigenvalue weighted by Gasteiger charge is -2.32. The van der Waals surface area contributed by atoms with E-state index >= 15 is 0 Å². The third kappa shape index (κ3) is 4.17. The lowest BCUT2D eigenvalue weighted by atomic mass is 10.1. The highest BCUT2D eigenvalue weighted by atomic mass is 32.2. The number of anilines is 2. The molecule has 0 spiro atoms. The maximum atomic E-state index is 12.9. The fraction of sp³-hybridized carbons (Fsp3) is 0.450. The van der Waals surface area contributed by atoms with E-state index in [1.54, 1.807) is 12.3 Å². The lowest BCUT2D eigenvalue weighted by molar-refractivity contribution is 0.310. The molecule has 0 amide bonds. The van der Waals surface area contributed by atoms with Crippen molar-refractivity contribution in [2.24, 2.45) is 0 Å². The summed E-state index contributed by atoms with van der Waals surface area (Å²) < 4.78 is 39.6. The number of nitrogens with one attached hydrogen (secondary N) is 1. The van der Waals surface area contributed by atoms with Gasteiger partial charge in [0.15, 0.2) is 0 Å². The van der Waals surface area contributed by atoms with Crippen LogP contribution >= 0.6 is 0 Å². The molecule has 1 aromatic heterocycles. The van der Waals surface area contributed by atoms with Crippen molar-refractivity contribution in [1.29, 1.82) is 0 Å². The molecule has 0 saturated carbocycles. The van der Waals surface area contributed by atoms with E-state index in [4.69, 9.17) is 9.47 Å². The van der Waals surface area contributed by atoms with E-state index < -0.39 is 10.0 Å². The summed E-state index contributed by atoms with van der Waals surface area (Å²) in [6, 6.07) is 7.81. The summed E-state index contributed by atoms with van der Waals surface area (Å²) in [4.78, 5) is 8.62. The molecule has 0 unspecified atom stereocenters. The van der Waals surface area contributed by atoms with Crippen molar-refractivity contribution in [2.75, 3.05) is 45.3 Å². The first-order valence-corrected chi connectivity index (χ1v) is 11.2. The molecule has 0 atom stereocenters. The zero-order chi connectivity index (χ0) is 20.4. The van der Waals surface area contributed by atoms with Crippen molar-refractivity contribution in [3.63, 3.8) is 0 Å². The first kappa shape index (κ1) is 19.9. The van der Waals surface area contributed by atoms with E-state index in [0.717, 1.165) is 37.4 Å². The standard InChI is InChI=1S/C20H26N4O4S/c1-23-8-4-3-7-22-29(25,26)19-12-16(13-21-20(19)27-2)24-9-10-28-18-6-5-15(14-23)11-17(18)24/h5-6,11-13,22H,3-4,7-10,14H2,1-2H3. The number of rotatable bonds is 1. The highest BCUT2D eigenvalue weighted by molar-refractivity contribution is 7.89. The second-order valence-corrected chi connectivity index (χ2v) is 9.08. The number of nitrogens with zero attached hydrogens (tertiary/aromatic N) is 3. The number of sulfonamides is 1. The third-order valence-electron chi connectivity index (χ3n) is 5.20. The zero-order valence-electron chi connectivity index (χ0n) is 16.7. The largest absolute Gasteiger partial charge is 0.490 e. The number of ether oxygens (including phenoxy) is 2. The van der Waals surface area contributed by atoms with Gasteiger partial charge in [0.05, 0.1) is 31.2 Å². The molecule has 2 aliphatic heterocycles. The van der Waals surface area contributed by atoms with E-state index in [9.17, 15) is 8.42 Å². The van der Waals surface area contributed by atoms with Crippen LogP contribution in [0.3, 0.4) is 0 Å². The fourth-order valence-corrected chi connectivity index (χ4v) is 4.94. The Labute approximate surface area is 171 Å². The minimum absolute atomic E-state index is 0.0497. The van der Waals surface area contributed by atoms with Crippen LogP contribution in [0.2, 0.25) is 0 Å². The van der Waals surface area contributed by atoms with E-state index in [-0.39, 0.29) is 10.8 Å². The van der Waals surface area contributed by atoms with Gasteiger partial charge in [0.2, 0.25) is 15.9 Å². The molecule has 0 fully saturated rings. The molecule has 8 nitrogen and oxygen atoms in total. The normalized spacial score (nSPS) is 19.6.